The number of rotatable bonds is 5. The van der Waals surface area contributed by atoms with Crippen LogP contribution in [0.15, 0.2) is 30.3 Å². The summed E-state index contributed by atoms with van der Waals surface area (Å²) < 4.78 is 0. The second-order valence-electron chi connectivity index (χ2n) is 4.02. The van der Waals surface area contributed by atoms with Crippen molar-refractivity contribution in [2.45, 2.75) is 13.0 Å². The predicted octanol–water partition coefficient (Wildman–Crippen LogP) is 0.780. The van der Waals surface area contributed by atoms with Crippen LogP contribution < -0.4 is 16.4 Å². The number of anilines is 1. The number of hydrogen-bond acceptors (Lipinski definition) is 3. The highest BCUT2D eigenvalue weighted by Gasteiger charge is 2.13. The lowest BCUT2D eigenvalue weighted by molar-refractivity contribution is -0.131. The van der Waals surface area contributed by atoms with E-state index in [1.54, 1.807) is 24.3 Å². The molecule has 1 aromatic carbocycles. The number of carbonyl (C=O) groups excluding carboxylic acids is 2. The van der Waals surface area contributed by atoms with Gasteiger partial charge < -0.3 is 21.5 Å². The highest BCUT2D eigenvalue weighted by molar-refractivity contribution is 5.96. The van der Waals surface area contributed by atoms with Crippen LogP contribution in [0.5, 0.6) is 0 Å². The van der Waals surface area contributed by atoms with E-state index in [1.807, 2.05) is 0 Å². The van der Waals surface area contributed by atoms with Crippen molar-refractivity contribution in [3.63, 3.8) is 0 Å². The summed E-state index contributed by atoms with van der Waals surface area (Å²) in [6.07, 6.45) is 2.40. The molecule has 7 heteroatoms. The third-order valence-corrected chi connectivity index (χ3v) is 2.32. The zero-order valence-corrected chi connectivity index (χ0v) is 10.8. The lowest BCUT2D eigenvalue weighted by Crippen LogP contribution is -2.44. The van der Waals surface area contributed by atoms with Gasteiger partial charge in [-0.2, -0.15) is 0 Å². The molecule has 0 aromatic heterocycles. The standard InChI is InChI=1S/C13H15N3O4/c1-8(15-13(14)20)12(19)16-10-4-2-3-9(7-10)5-6-11(17)18/h2-8H,1H3,(H,16,19)(H,17,18)(H3,14,15,20)/b6-5+. The normalized spacial score (nSPS) is 11.8. The molecule has 0 spiro atoms. The zero-order valence-electron chi connectivity index (χ0n) is 10.8. The summed E-state index contributed by atoms with van der Waals surface area (Å²) in [5, 5.41) is 13.4. The van der Waals surface area contributed by atoms with Gasteiger partial charge in [0.1, 0.15) is 6.04 Å². The molecule has 0 heterocycles. The Morgan fingerprint density at radius 3 is 2.65 bits per heavy atom. The minimum atomic E-state index is -1.06. The van der Waals surface area contributed by atoms with Crippen molar-refractivity contribution in [3.05, 3.63) is 35.9 Å². The van der Waals surface area contributed by atoms with Gasteiger partial charge in [-0.15, -0.1) is 0 Å². The maximum absolute atomic E-state index is 11.7. The highest BCUT2D eigenvalue weighted by Crippen LogP contribution is 2.12. The van der Waals surface area contributed by atoms with Crippen molar-refractivity contribution in [1.29, 1.82) is 0 Å². The average Bonchev–Trinajstić information content (AvgIpc) is 2.36. The fraction of sp³-hybridized carbons (Fsp3) is 0.154. The van der Waals surface area contributed by atoms with Gasteiger partial charge in [-0.1, -0.05) is 12.1 Å². The quantitative estimate of drug-likeness (QED) is 0.594. The van der Waals surface area contributed by atoms with Gasteiger partial charge in [0.25, 0.3) is 0 Å². The first-order valence-electron chi connectivity index (χ1n) is 5.76. The Balaban J connectivity index is 2.73. The smallest absolute Gasteiger partial charge is 0.328 e. The molecule has 0 saturated carbocycles. The van der Waals surface area contributed by atoms with Crippen molar-refractivity contribution in [2.24, 2.45) is 5.73 Å². The van der Waals surface area contributed by atoms with Gasteiger partial charge in [0.15, 0.2) is 0 Å². The van der Waals surface area contributed by atoms with E-state index in [-0.39, 0.29) is 0 Å². The van der Waals surface area contributed by atoms with Gasteiger partial charge in [0.05, 0.1) is 0 Å². The molecule has 5 N–H and O–H groups in total. The number of amides is 3. The lowest BCUT2D eigenvalue weighted by atomic mass is 10.2. The predicted molar refractivity (Wildman–Crippen MR) is 73.9 cm³/mol. The van der Waals surface area contributed by atoms with E-state index in [1.165, 1.54) is 13.0 Å². The Kier molecular flexibility index (Phi) is 5.28. The molecule has 0 aliphatic carbocycles. The molecule has 0 fully saturated rings. The van der Waals surface area contributed by atoms with Crippen molar-refractivity contribution in [1.82, 2.24) is 5.32 Å². The van der Waals surface area contributed by atoms with Gasteiger partial charge >= 0.3 is 12.0 Å². The van der Waals surface area contributed by atoms with E-state index < -0.39 is 23.9 Å². The van der Waals surface area contributed by atoms with Crippen molar-refractivity contribution in [2.75, 3.05) is 5.32 Å². The Morgan fingerprint density at radius 1 is 1.35 bits per heavy atom. The summed E-state index contributed by atoms with van der Waals surface area (Å²) in [7, 11) is 0. The fourth-order valence-electron chi connectivity index (χ4n) is 1.42. The first-order valence-corrected chi connectivity index (χ1v) is 5.76. The number of primary amides is 1. The second-order valence-corrected chi connectivity index (χ2v) is 4.02. The van der Waals surface area contributed by atoms with Crippen molar-refractivity contribution < 1.29 is 19.5 Å². The molecule has 0 aliphatic heterocycles. The molecule has 0 radical (unpaired) electrons. The summed E-state index contributed by atoms with van der Waals surface area (Å²) in [4.78, 5) is 32.8. The molecule has 20 heavy (non-hydrogen) atoms. The molecule has 1 aromatic rings. The third kappa shape index (κ3) is 5.21. The van der Waals surface area contributed by atoms with Crippen LogP contribution in [0, 0.1) is 0 Å². The summed E-state index contributed by atoms with van der Waals surface area (Å²) in [6.45, 7) is 1.49. The first kappa shape index (κ1) is 15.2. The van der Waals surface area contributed by atoms with Gasteiger partial charge in [-0.25, -0.2) is 9.59 Å². The number of benzene rings is 1. The summed E-state index contributed by atoms with van der Waals surface area (Å²) >= 11 is 0. The molecular weight excluding hydrogens is 262 g/mol. The number of nitrogens with one attached hydrogen (secondary N) is 2. The third-order valence-electron chi connectivity index (χ3n) is 2.32. The minimum Gasteiger partial charge on any atom is -0.478 e. The molecule has 1 atom stereocenters. The fourth-order valence-corrected chi connectivity index (χ4v) is 1.42. The van der Waals surface area contributed by atoms with Crippen LogP contribution in [0.3, 0.4) is 0 Å². The van der Waals surface area contributed by atoms with Crippen molar-refractivity contribution >= 4 is 29.7 Å². The molecule has 3 amide bonds. The SMILES string of the molecule is CC(NC(N)=O)C(=O)Nc1cccc(/C=C/C(=O)O)c1. The minimum absolute atomic E-state index is 0.428. The monoisotopic (exact) mass is 277 g/mol. The largest absolute Gasteiger partial charge is 0.478 e. The van der Waals surface area contributed by atoms with Gasteiger partial charge in [0, 0.05) is 11.8 Å². The van der Waals surface area contributed by atoms with Crippen LogP contribution in [-0.4, -0.2) is 29.1 Å². The van der Waals surface area contributed by atoms with Gasteiger partial charge in [-0.05, 0) is 30.7 Å². The van der Waals surface area contributed by atoms with Crippen molar-refractivity contribution in [3.8, 4) is 0 Å². The zero-order chi connectivity index (χ0) is 15.1. The Labute approximate surface area is 115 Å². The number of hydrogen-bond donors (Lipinski definition) is 4. The number of carboxylic acid groups (broad SMARTS) is 1. The van der Waals surface area contributed by atoms with Gasteiger partial charge in [0.2, 0.25) is 5.91 Å². The average molecular weight is 277 g/mol. The maximum atomic E-state index is 11.7. The van der Waals surface area contributed by atoms with Crippen LogP contribution in [0.1, 0.15) is 12.5 Å². The van der Waals surface area contributed by atoms with E-state index in [0.717, 1.165) is 6.08 Å². The van der Waals surface area contributed by atoms with Gasteiger partial charge in [-0.3, -0.25) is 4.79 Å². The van der Waals surface area contributed by atoms with E-state index >= 15 is 0 Å². The highest BCUT2D eigenvalue weighted by atomic mass is 16.4. The molecule has 1 rings (SSSR count). The second kappa shape index (κ2) is 6.93. The Bertz CT molecular complexity index is 554. The molecule has 1 unspecified atom stereocenters. The maximum Gasteiger partial charge on any atom is 0.328 e. The number of carbonyl (C=O) groups is 3. The molecular formula is C13H15N3O4. The lowest BCUT2D eigenvalue weighted by Gasteiger charge is -2.12. The Hall–Kier alpha value is -2.83. The number of aliphatic carboxylic acids is 1. The summed E-state index contributed by atoms with van der Waals surface area (Å²) in [5.41, 5.74) is 6.03. The Morgan fingerprint density at radius 2 is 2.05 bits per heavy atom. The summed E-state index contributed by atoms with van der Waals surface area (Å²) in [5.74, 6) is -1.48. The number of nitrogens with two attached hydrogens (primary N) is 1. The summed E-state index contributed by atoms with van der Waals surface area (Å²) in [6, 6.07) is 5.06. The molecule has 106 valence electrons. The molecule has 7 nitrogen and oxygen atoms in total. The molecule has 0 aliphatic rings. The molecule has 0 saturated heterocycles. The van der Waals surface area contributed by atoms with Crippen LogP contribution >= 0.6 is 0 Å². The van der Waals surface area contributed by atoms with E-state index in [4.69, 9.17) is 10.8 Å². The number of urea groups is 1. The van der Waals surface area contributed by atoms with Crippen LogP contribution in [0.4, 0.5) is 10.5 Å². The topological polar surface area (TPSA) is 122 Å². The van der Waals surface area contributed by atoms with E-state index in [9.17, 15) is 14.4 Å². The first-order chi connectivity index (χ1) is 9.38. The molecule has 0 bridgehead atoms. The van der Waals surface area contributed by atoms with E-state index in [0.29, 0.717) is 11.3 Å². The number of carboxylic acids is 1. The van der Waals surface area contributed by atoms with Crippen LogP contribution in [0.2, 0.25) is 0 Å². The van der Waals surface area contributed by atoms with Crippen LogP contribution in [0.25, 0.3) is 6.08 Å². The van der Waals surface area contributed by atoms with Crippen LogP contribution in [-0.2, 0) is 9.59 Å². The van der Waals surface area contributed by atoms with E-state index in [2.05, 4.69) is 10.6 Å².